The first kappa shape index (κ1) is 18.4. The molecule has 3 aromatic rings. The summed E-state index contributed by atoms with van der Waals surface area (Å²) < 4.78 is 6.46. The summed E-state index contributed by atoms with van der Waals surface area (Å²) in [6, 6.07) is 28.9. The Morgan fingerprint density at radius 1 is 0.769 bits per heavy atom. The summed E-state index contributed by atoms with van der Waals surface area (Å²) in [6.07, 6.45) is 1.92. The monoisotopic (exact) mass is 361 g/mol. The topological polar surface area (TPSA) is 21.6 Å². The number of hydrogen-bond donors (Lipinski definition) is 0. The molecule has 2 nitrogen and oxygen atoms in total. The van der Waals surface area contributed by atoms with Gasteiger partial charge in [-0.2, -0.15) is 0 Å². The molecule has 0 aliphatic heterocycles. The fraction of sp³-hybridized carbons (Fsp3) is 0.174. The predicted molar refractivity (Wildman–Crippen MR) is 113 cm³/mol. The SMILES string of the molecule is CC(C)(C)N=Cc1cccc(OP(c2ccccc2)c2ccccc2)c1. The molecule has 0 saturated heterocycles. The van der Waals surface area contributed by atoms with E-state index in [9.17, 15) is 0 Å². The quantitative estimate of drug-likeness (QED) is 0.445. The Morgan fingerprint density at radius 2 is 1.35 bits per heavy atom. The number of nitrogens with zero attached hydrogens (tertiary/aromatic N) is 1. The lowest BCUT2D eigenvalue weighted by atomic mass is 10.1. The minimum atomic E-state index is -0.916. The van der Waals surface area contributed by atoms with E-state index in [4.69, 9.17) is 4.52 Å². The van der Waals surface area contributed by atoms with Crippen LogP contribution in [0.25, 0.3) is 0 Å². The van der Waals surface area contributed by atoms with Crippen molar-refractivity contribution >= 4 is 25.0 Å². The summed E-state index contributed by atoms with van der Waals surface area (Å²) >= 11 is 0. The van der Waals surface area contributed by atoms with E-state index in [-0.39, 0.29) is 5.54 Å². The van der Waals surface area contributed by atoms with Crippen LogP contribution in [0.2, 0.25) is 0 Å². The molecule has 26 heavy (non-hydrogen) atoms. The van der Waals surface area contributed by atoms with E-state index in [0.717, 1.165) is 11.3 Å². The predicted octanol–water partition coefficient (Wildman–Crippen LogP) is 5.33. The van der Waals surface area contributed by atoms with Gasteiger partial charge in [-0.25, -0.2) is 0 Å². The van der Waals surface area contributed by atoms with Gasteiger partial charge in [0.15, 0.2) is 8.15 Å². The van der Waals surface area contributed by atoms with Crippen LogP contribution in [-0.2, 0) is 0 Å². The molecule has 0 spiro atoms. The van der Waals surface area contributed by atoms with Crippen LogP contribution < -0.4 is 15.1 Å². The molecule has 0 saturated carbocycles. The molecule has 0 bridgehead atoms. The maximum Gasteiger partial charge on any atom is 0.150 e. The molecular formula is C23H24NOP. The third-order valence-electron chi connectivity index (χ3n) is 3.64. The minimum absolute atomic E-state index is 0.0858. The fourth-order valence-corrected chi connectivity index (χ4v) is 4.13. The average Bonchev–Trinajstić information content (AvgIpc) is 2.66. The Morgan fingerprint density at radius 3 is 1.88 bits per heavy atom. The van der Waals surface area contributed by atoms with Crippen molar-refractivity contribution in [2.45, 2.75) is 26.3 Å². The minimum Gasteiger partial charge on any atom is -0.464 e. The Hall–Kier alpha value is -2.44. The zero-order valence-corrected chi connectivity index (χ0v) is 16.4. The molecule has 3 aromatic carbocycles. The Kier molecular flexibility index (Phi) is 5.85. The van der Waals surface area contributed by atoms with Gasteiger partial charge in [-0.3, -0.25) is 4.99 Å². The van der Waals surface area contributed by atoms with Crippen LogP contribution in [-0.4, -0.2) is 11.8 Å². The van der Waals surface area contributed by atoms with Crippen LogP contribution in [0.15, 0.2) is 89.9 Å². The zero-order valence-electron chi connectivity index (χ0n) is 15.5. The van der Waals surface area contributed by atoms with Crippen molar-refractivity contribution in [3.63, 3.8) is 0 Å². The summed E-state index contributed by atoms with van der Waals surface area (Å²) in [5, 5.41) is 2.39. The van der Waals surface area contributed by atoms with Gasteiger partial charge in [-0.05, 0) is 38.5 Å². The molecule has 0 heterocycles. The highest BCUT2D eigenvalue weighted by atomic mass is 31.1. The number of benzene rings is 3. The van der Waals surface area contributed by atoms with Crippen molar-refractivity contribution in [3.05, 3.63) is 90.5 Å². The Bertz CT molecular complexity index is 815. The molecule has 3 rings (SSSR count). The van der Waals surface area contributed by atoms with Crippen LogP contribution in [0.3, 0.4) is 0 Å². The lowest BCUT2D eigenvalue weighted by molar-refractivity contribution is 0.586. The highest BCUT2D eigenvalue weighted by Gasteiger charge is 2.16. The van der Waals surface area contributed by atoms with Gasteiger partial charge in [0.2, 0.25) is 0 Å². The van der Waals surface area contributed by atoms with Crippen LogP contribution in [0.4, 0.5) is 0 Å². The molecule has 0 aromatic heterocycles. The van der Waals surface area contributed by atoms with Crippen LogP contribution >= 0.6 is 8.15 Å². The first-order valence-electron chi connectivity index (χ1n) is 8.75. The maximum atomic E-state index is 6.46. The molecule has 132 valence electrons. The van der Waals surface area contributed by atoms with Gasteiger partial charge in [-0.15, -0.1) is 0 Å². The summed E-state index contributed by atoms with van der Waals surface area (Å²) in [5.41, 5.74) is 0.964. The van der Waals surface area contributed by atoms with Gasteiger partial charge in [0.25, 0.3) is 0 Å². The second kappa shape index (κ2) is 8.29. The number of aliphatic imine (C=N–C) groups is 1. The van der Waals surface area contributed by atoms with E-state index in [2.05, 4.69) is 86.4 Å². The third kappa shape index (κ3) is 5.28. The van der Waals surface area contributed by atoms with E-state index < -0.39 is 8.15 Å². The Labute approximate surface area is 157 Å². The van der Waals surface area contributed by atoms with Gasteiger partial charge in [0.05, 0.1) is 5.54 Å². The molecule has 0 fully saturated rings. The van der Waals surface area contributed by atoms with Crippen LogP contribution in [0.1, 0.15) is 26.3 Å². The van der Waals surface area contributed by atoms with E-state index in [1.807, 2.05) is 30.5 Å². The van der Waals surface area contributed by atoms with Crippen molar-refractivity contribution in [3.8, 4) is 5.75 Å². The maximum absolute atomic E-state index is 6.46. The lowest BCUT2D eigenvalue weighted by Gasteiger charge is -2.19. The van der Waals surface area contributed by atoms with Crippen LogP contribution in [0.5, 0.6) is 5.75 Å². The molecular weight excluding hydrogens is 337 g/mol. The summed E-state index contributed by atoms with van der Waals surface area (Å²) in [5.74, 6) is 0.863. The van der Waals surface area contributed by atoms with Gasteiger partial charge in [-0.1, -0.05) is 72.8 Å². The van der Waals surface area contributed by atoms with Crippen molar-refractivity contribution in [1.82, 2.24) is 0 Å². The first-order valence-corrected chi connectivity index (χ1v) is 10.0. The standard InChI is InChI=1S/C23H24NOP/c1-23(2,3)24-18-19-11-10-12-20(17-19)25-26(21-13-6-4-7-14-21)22-15-8-5-9-16-22/h4-18H,1-3H3. The zero-order chi connectivity index (χ0) is 18.4. The van der Waals surface area contributed by atoms with Gasteiger partial charge < -0.3 is 4.52 Å². The van der Waals surface area contributed by atoms with Crippen molar-refractivity contribution in [2.75, 3.05) is 0 Å². The number of rotatable bonds is 5. The summed E-state index contributed by atoms with van der Waals surface area (Å²) in [4.78, 5) is 4.59. The normalized spacial score (nSPS) is 11.8. The van der Waals surface area contributed by atoms with Crippen LogP contribution in [0, 0.1) is 0 Å². The molecule has 0 unspecified atom stereocenters. The third-order valence-corrected chi connectivity index (χ3v) is 5.56. The van der Waals surface area contributed by atoms with E-state index >= 15 is 0 Å². The summed E-state index contributed by atoms with van der Waals surface area (Å²) in [7, 11) is -0.916. The first-order chi connectivity index (χ1) is 12.5. The highest BCUT2D eigenvalue weighted by Crippen LogP contribution is 2.36. The smallest absolute Gasteiger partial charge is 0.150 e. The molecule has 0 aliphatic carbocycles. The molecule has 0 N–H and O–H groups in total. The number of hydrogen-bond acceptors (Lipinski definition) is 2. The Balaban J connectivity index is 1.89. The summed E-state index contributed by atoms with van der Waals surface area (Å²) in [6.45, 7) is 6.27. The van der Waals surface area contributed by atoms with Gasteiger partial charge in [0.1, 0.15) is 5.75 Å². The molecule has 0 aliphatic rings. The molecule has 0 amide bonds. The van der Waals surface area contributed by atoms with E-state index in [0.29, 0.717) is 0 Å². The van der Waals surface area contributed by atoms with Gasteiger partial charge in [0, 0.05) is 16.8 Å². The lowest BCUT2D eigenvalue weighted by Crippen LogP contribution is -2.15. The largest absolute Gasteiger partial charge is 0.464 e. The van der Waals surface area contributed by atoms with Gasteiger partial charge >= 0.3 is 0 Å². The van der Waals surface area contributed by atoms with E-state index in [1.165, 1.54) is 10.6 Å². The fourth-order valence-electron chi connectivity index (χ4n) is 2.41. The average molecular weight is 361 g/mol. The van der Waals surface area contributed by atoms with Crippen molar-refractivity contribution < 1.29 is 4.52 Å². The molecule has 3 heteroatoms. The molecule has 0 radical (unpaired) electrons. The second-order valence-corrected chi connectivity index (χ2v) is 8.86. The highest BCUT2D eigenvalue weighted by molar-refractivity contribution is 7.68. The van der Waals surface area contributed by atoms with E-state index in [1.54, 1.807) is 0 Å². The van der Waals surface area contributed by atoms with Crippen molar-refractivity contribution in [1.29, 1.82) is 0 Å². The molecule has 0 atom stereocenters. The second-order valence-electron chi connectivity index (χ2n) is 7.06. The van der Waals surface area contributed by atoms with Crippen molar-refractivity contribution in [2.24, 2.45) is 4.99 Å².